The molecule has 3 N–H and O–H groups in total. The van der Waals surface area contributed by atoms with Crippen molar-refractivity contribution in [2.24, 2.45) is 0 Å². The molecule has 0 atom stereocenters. The number of amides is 1. The first kappa shape index (κ1) is 14.7. The van der Waals surface area contributed by atoms with Gasteiger partial charge in [0, 0.05) is 50.5 Å². The van der Waals surface area contributed by atoms with E-state index in [2.05, 4.69) is 22.2 Å². The van der Waals surface area contributed by atoms with Gasteiger partial charge in [0.25, 0.3) is 5.91 Å². The summed E-state index contributed by atoms with van der Waals surface area (Å²) in [5, 5.41) is 2.80. The highest BCUT2D eigenvalue weighted by Gasteiger charge is 2.14. The van der Waals surface area contributed by atoms with Crippen molar-refractivity contribution in [3.63, 3.8) is 0 Å². The van der Waals surface area contributed by atoms with Crippen molar-refractivity contribution in [2.45, 2.75) is 0 Å². The fourth-order valence-electron chi connectivity index (χ4n) is 2.24. The normalized spacial score (nSPS) is 17.1. The van der Waals surface area contributed by atoms with Crippen molar-refractivity contribution < 1.29 is 9.18 Å². The van der Waals surface area contributed by atoms with E-state index in [1.807, 2.05) is 0 Å². The van der Waals surface area contributed by atoms with Crippen molar-refractivity contribution in [2.75, 3.05) is 52.0 Å². The average Bonchev–Trinajstić information content (AvgIpc) is 2.40. The number of carbonyl (C=O) groups excluding carboxylic acids is 1. The van der Waals surface area contributed by atoms with Crippen LogP contribution in [-0.4, -0.2) is 62.0 Å². The third-order valence-corrected chi connectivity index (χ3v) is 3.49. The molecular weight excluding hydrogens is 259 g/mol. The van der Waals surface area contributed by atoms with Crippen LogP contribution < -0.4 is 11.1 Å². The van der Waals surface area contributed by atoms with E-state index in [4.69, 9.17) is 5.73 Å². The monoisotopic (exact) mass is 280 g/mol. The number of anilines is 1. The van der Waals surface area contributed by atoms with E-state index in [-0.39, 0.29) is 17.2 Å². The lowest BCUT2D eigenvalue weighted by atomic mass is 10.2. The molecule has 1 saturated heterocycles. The Bertz CT molecular complexity index is 452. The van der Waals surface area contributed by atoms with Gasteiger partial charge in [0.2, 0.25) is 0 Å². The number of carbonyl (C=O) groups is 1. The van der Waals surface area contributed by atoms with Gasteiger partial charge in [-0.2, -0.15) is 0 Å². The van der Waals surface area contributed by atoms with Gasteiger partial charge in [-0.05, 0) is 25.2 Å². The molecule has 0 aliphatic carbocycles. The van der Waals surface area contributed by atoms with Gasteiger partial charge in [0.1, 0.15) is 5.82 Å². The molecule has 0 spiro atoms. The highest BCUT2D eigenvalue weighted by atomic mass is 19.1. The van der Waals surface area contributed by atoms with Gasteiger partial charge < -0.3 is 16.0 Å². The Balaban J connectivity index is 1.77. The maximum absolute atomic E-state index is 13.2. The lowest BCUT2D eigenvalue weighted by molar-refractivity contribution is 0.0940. The van der Waals surface area contributed by atoms with Gasteiger partial charge in [-0.1, -0.05) is 0 Å². The topological polar surface area (TPSA) is 61.6 Å². The van der Waals surface area contributed by atoms with E-state index in [0.717, 1.165) is 32.7 Å². The summed E-state index contributed by atoms with van der Waals surface area (Å²) in [6.45, 7) is 5.49. The van der Waals surface area contributed by atoms with Crippen LogP contribution >= 0.6 is 0 Å². The molecule has 6 heteroatoms. The summed E-state index contributed by atoms with van der Waals surface area (Å²) in [5.74, 6) is -0.778. The number of nitrogens with one attached hydrogen (secondary N) is 1. The second-order valence-electron chi connectivity index (χ2n) is 5.17. The third-order valence-electron chi connectivity index (χ3n) is 3.49. The molecule has 0 saturated carbocycles. The summed E-state index contributed by atoms with van der Waals surface area (Å²) in [6, 6.07) is 3.87. The predicted octanol–water partition coefficient (Wildman–Crippen LogP) is 0.385. The van der Waals surface area contributed by atoms with Crippen LogP contribution in [0, 0.1) is 5.82 Å². The van der Waals surface area contributed by atoms with E-state index in [9.17, 15) is 9.18 Å². The first-order valence-electron chi connectivity index (χ1n) is 6.80. The van der Waals surface area contributed by atoms with E-state index in [0.29, 0.717) is 6.54 Å². The smallest absolute Gasteiger partial charge is 0.251 e. The lowest BCUT2D eigenvalue weighted by Crippen LogP contribution is -2.46. The predicted molar refractivity (Wildman–Crippen MR) is 77.1 cm³/mol. The maximum atomic E-state index is 13.2. The number of halogens is 1. The molecule has 1 aromatic carbocycles. The van der Waals surface area contributed by atoms with E-state index in [1.54, 1.807) is 0 Å². The maximum Gasteiger partial charge on any atom is 0.251 e. The van der Waals surface area contributed by atoms with Crippen LogP contribution in [0.2, 0.25) is 0 Å². The SMILES string of the molecule is CN1CCN(CCNC(=O)c2cc(N)cc(F)c2)CC1. The summed E-state index contributed by atoms with van der Waals surface area (Å²) in [5.41, 5.74) is 6.05. The van der Waals surface area contributed by atoms with Crippen LogP contribution in [0.25, 0.3) is 0 Å². The zero-order valence-electron chi connectivity index (χ0n) is 11.7. The number of hydrogen-bond acceptors (Lipinski definition) is 4. The Hall–Kier alpha value is -1.66. The van der Waals surface area contributed by atoms with Gasteiger partial charge in [-0.25, -0.2) is 4.39 Å². The standard InChI is InChI=1S/C14H21FN4O/c1-18-4-6-19(7-5-18)3-2-17-14(20)11-8-12(15)10-13(16)9-11/h8-10H,2-7,16H2,1H3,(H,17,20). The molecule has 0 aromatic heterocycles. The molecule has 20 heavy (non-hydrogen) atoms. The van der Waals surface area contributed by atoms with Crippen molar-refractivity contribution in [1.82, 2.24) is 15.1 Å². The molecule has 1 heterocycles. The first-order chi connectivity index (χ1) is 9.54. The van der Waals surface area contributed by atoms with Gasteiger partial charge in [-0.3, -0.25) is 9.69 Å². The largest absolute Gasteiger partial charge is 0.399 e. The summed E-state index contributed by atoms with van der Waals surface area (Å²) in [4.78, 5) is 16.5. The Kier molecular flexibility index (Phi) is 4.92. The molecule has 1 aromatic rings. The Morgan fingerprint density at radius 3 is 2.65 bits per heavy atom. The number of benzene rings is 1. The van der Waals surface area contributed by atoms with Gasteiger partial charge in [0.05, 0.1) is 0 Å². The minimum Gasteiger partial charge on any atom is -0.399 e. The summed E-state index contributed by atoms with van der Waals surface area (Å²) in [6.07, 6.45) is 0. The lowest BCUT2D eigenvalue weighted by Gasteiger charge is -2.32. The van der Waals surface area contributed by atoms with Crippen LogP contribution in [0.1, 0.15) is 10.4 Å². The summed E-state index contributed by atoms with van der Waals surface area (Å²) < 4.78 is 13.2. The number of rotatable bonds is 4. The molecule has 110 valence electrons. The van der Waals surface area contributed by atoms with E-state index < -0.39 is 5.82 Å². The number of nitrogen functional groups attached to an aromatic ring is 1. The number of hydrogen-bond donors (Lipinski definition) is 2. The summed E-state index contributed by atoms with van der Waals surface area (Å²) in [7, 11) is 2.10. The molecule has 1 fully saturated rings. The zero-order chi connectivity index (χ0) is 14.5. The zero-order valence-corrected chi connectivity index (χ0v) is 11.7. The first-order valence-corrected chi connectivity index (χ1v) is 6.80. The Morgan fingerprint density at radius 1 is 1.30 bits per heavy atom. The Morgan fingerprint density at radius 2 is 2.00 bits per heavy atom. The van der Waals surface area contributed by atoms with Crippen molar-refractivity contribution in [3.8, 4) is 0 Å². The van der Waals surface area contributed by atoms with Crippen LogP contribution in [0.4, 0.5) is 10.1 Å². The Labute approximate surface area is 118 Å². The van der Waals surface area contributed by atoms with E-state index in [1.165, 1.54) is 18.2 Å². The van der Waals surface area contributed by atoms with Crippen molar-refractivity contribution in [1.29, 1.82) is 0 Å². The minimum atomic E-state index is -0.491. The van der Waals surface area contributed by atoms with E-state index >= 15 is 0 Å². The molecule has 1 amide bonds. The minimum absolute atomic E-state index is 0.259. The second kappa shape index (κ2) is 6.67. The average molecular weight is 280 g/mol. The highest BCUT2D eigenvalue weighted by molar-refractivity contribution is 5.95. The van der Waals surface area contributed by atoms with Crippen LogP contribution in [0.3, 0.4) is 0 Å². The quantitative estimate of drug-likeness (QED) is 0.783. The third kappa shape index (κ3) is 4.18. The number of nitrogens with zero attached hydrogens (tertiary/aromatic N) is 2. The molecule has 0 bridgehead atoms. The molecule has 0 radical (unpaired) electrons. The molecule has 2 rings (SSSR count). The van der Waals surface area contributed by atoms with Gasteiger partial charge in [-0.15, -0.1) is 0 Å². The molecule has 5 nitrogen and oxygen atoms in total. The van der Waals surface area contributed by atoms with Gasteiger partial charge in [0.15, 0.2) is 0 Å². The van der Waals surface area contributed by atoms with Crippen LogP contribution in [0.5, 0.6) is 0 Å². The number of piperazine rings is 1. The molecule has 1 aliphatic rings. The van der Waals surface area contributed by atoms with Crippen LogP contribution in [-0.2, 0) is 0 Å². The van der Waals surface area contributed by atoms with Crippen molar-refractivity contribution >= 4 is 11.6 Å². The second-order valence-corrected chi connectivity index (χ2v) is 5.17. The molecular formula is C14H21FN4O. The van der Waals surface area contributed by atoms with Crippen LogP contribution in [0.15, 0.2) is 18.2 Å². The fraction of sp³-hybridized carbons (Fsp3) is 0.500. The highest BCUT2D eigenvalue weighted by Crippen LogP contribution is 2.10. The molecule has 1 aliphatic heterocycles. The number of likely N-dealkylation sites (N-methyl/N-ethyl adjacent to an activating group) is 1. The fourth-order valence-corrected chi connectivity index (χ4v) is 2.24. The van der Waals surface area contributed by atoms with Crippen molar-refractivity contribution in [3.05, 3.63) is 29.6 Å². The number of nitrogens with two attached hydrogens (primary N) is 1. The molecule has 0 unspecified atom stereocenters. The summed E-state index contributed by atoms with van der Waals surface area (Å²) >= 11 is 0. The van der Waals surface area contributed by atoms with Gasteiger partial charge >= 0.3 is 0 Å².